The predicted octanol–water partition coefficient (Wildman–Crippen LogP) is 3.21. The third-order valence-corrected chi connectivity index (χ3v) is 4.61. The van der Waals surface area contributed by atoms with Gasteiger partial charge < -0.3 is 15.2 Å². The van der Waals surface area contributed by atoms with E-state index in [9.17, 15) is 5.11 Å². The highest BCUT2D eigenvalue weighted by Gasteiger charge is 2.15. The molecule has 1 unspecified atom stereocenters. The number of aliphatic hydroxyl groups excluding tert-OH is 1. The van der Waals surface area contributed by atoms with Crippen molar-refractivity contribution in [2.45, 2.75) is 70.0 Å². The molecule has 120 valence electrons. The second-order valence-electron chi connectivity index (χ2n) is 5.86. The zero-order chi connectivity index (χ0) is 14.5. The molecule has 1 aliphatic rings. The fourth-order valence-corrected chi connectivity index (χ4v) is 3.15. The zero-order valence-corrected chi connectivity index (χ0v) is 13.9. The fourth-order valence-electron chi connectivity index (χ4n) is 2.66. The first-order valence-corrected chi connectivity index (χ1v) is 9.71. The Morgan fingerprint density at radius 3 is 2.65 bits per heavy atom. The van der Waals surface area contributed by atoms with Crippen LogP contribution in [-0.2, 0) is 4.74 Å². The van der Waals surface area contributed by atoms with Crippen LogP contribution in [0.2, 0.25) is 0 Å². The summed E-state index contributed by atoms with van der Waals surface area (Å²) in [6.07, 6.45) is 13.7. The van der Waals surface area contributed by atoms with E-state index in [0.717, 1.165) is 6.54 Å². The smallest absolute Gasteiger partial charge is 0.0897 e. The van der Waals surface area contributed by atoms with Crippen molar-refractivity contribution in [3.8, 4) is 0 Å². The fraction of sp³-hybridized carbons (Fsp3) is 1.00. The first-order chi connectivity index (χ1) is 9.83. The summed E-state index contributed by atoms with van der Waals surface area (Å²) in [5.41, 5.74) is 0. The van der Waals surface area contributed by atoms with Gasteiger partial charge >= 0.3 is 0 Å². The van der Waals surface area contributed by atoms with Crippen LogP contribution in [0.15, 0.2) is 0 Å². The molecule has 0 heterocycles. The zero-order valence-electron chi connectivity index (χ0n) is 13.1. The van der Waals surface area contributed by atoms with Gasteiger partial charge in [-0.15, -0.1) is 0 Å². The maximum Gasteiger partial charge on any atom is 0.0897 e. The van der Waals surface area contributed by atoms with Gasteiger partial charge in [0.25, 0.3) is 0 Å². The van der Waals surface area contributed by atoms with Crippen LogP contribution < -0.4 is 5.32 Å². The average Bonchev–Trinajstić information content (AvgIpc) is 2.49. The normalized spacial score (nSPS) is 18.3. The summed E-state index contributed by atoms with van der Waals surface area (Å²) in [7, 11) is 0. The largest absolute Gasteiger partial charge is 0.389 e. The lowest BCUT2D eigenvalue weighted by Crippen LogP contribution is -2.33. The quantitative estimate of drug-likeness (QED) is 0.543. The van der Waals surface area contributed by atoms with E-state index in [-0.39, 0.29) is 6.10 Å². The summed E-state index contributed by atoms with van der Waals surface area (Å²) in [5.74, 6) is 1.28. The molecular formula is C16H33NO2S. The summed E-state index contributed by atoms with van der Waals surface area (Å²) >= 11 is 1.93. The van der Waals surface area contributed by atoms with E-state index in [2.05, 4.69) is 11.6 Å². The van der Waals surface area contributed by atoms with E-state index in [1.54, 1.807) is 0 Å². The molecule has 0 aromatic heterocycles. The first-order valence-electron chi connectivity index (χ1n) is 8.32. The number of nitrogens with one attached hydrogen (secondary N) is 1. The van der Waals surface area contributed by atoms with Gasteiger partial charge in [0.05, 0.1) is 18.8 Å². The van der Waals surface area contributed by atoms with E-state index in [1.807, 2.05) is 11.8 Å². The van der Waals surface area contributed by atoms with Gasteiger partial charge in [0.15, 0.2) is 0 Å². The number of ether oxygens (including phenoxy) is 1. The Hall–Kier alpha value is 0.230. The molecule has 1 aliphatic carbocycles. The Balaban J connectivity index is 1.83. The van der Waals surface area contributed by atoms with E-state index in [1.165, 1.54) is 63.5 Å². The maximum atomic E-state index is 9.86. The van der Waals surface area contributed by atoms with E-state index >= 15 is 0 Å². The highest BCUT2D eigenvalue weighted by molar-refractivity contribution is 7.98. The number of hydrogen-bond acceptors (Lipinski definition) is 4. The molecule has 0 saturated heterocycles. The molecule has 1 fully saturated rings. The number of thioether (sulfide) groups is 1. The number of hydrogen-bond donors (Lipinski definition) is 2. The van der Waals surface area contributed by atoms with Crippen molar-refractivity contribution in [2.24, 2.45) is 0 Å². The molecule has 1 atom stereocenters. The van der Waals surface area contributed by atoms with Crippen molar-refractivity contribution >= 4 is 11.8 Å². The van der Waals surface area contributed by atoms with Gasteiger partial charge in [0.2, 0.25) is 0 Å². The molecule has 0 spiro atoms. The lowest BCUT2D eigenvalue weighted by Gasteiger charge is -2.23. The minimum absolute atomic E-state index is 0.353. The predicted molar refractivity (Wildman–Crippen MR) is 88.6 cm³/mol. The van der Waals surface area contributed by atoms with Gasteiger partial charge in [0.1, 0.15) is 0 Å². The Morgan fingerprint density at radius 1 is 1.15 bits per heavy atom. The molecule has 4 heteroatoms. The third-order valence-electron chi connectivity index (χ3n) is 3.91. The number of rotatable bonds is 12. The molecule has 2 N–H and O–H groups in total. The van der Waals surface area contributed by atoms with Crippen molar-refractivity contribution in [2.75, 3.05) is 31.7 Å². The molecule has 1 saturated carbocycles. The summed E-state index contributed by atoms with van der Waals surface area (Å²) < 4.78 is 5.77. The summed E-state index contributed by atoms with van der Waals surface area (Å²) in [4.78, 5) is 0. The minimum Gasteiger partial charge on any atom is -0.389 e. The van der Waals surface area contributed by atoms with Crippen molar-refractivity contribution in [1.29, 1.82) is 0 Å². The SMILES string of the molecule is CSCCCCCCNCC(O)COC1CCCCC1. The third kappa shape index (κ3) is 10.0. The average molecular weight is 304 g/mol. The van der Waals surface area contributed by atoms with Crippen LogP contribution in [0.4, 0.5) is 0 Å². The van der Waals surface area contributed by atoms with E-state index in [4.69, 9.17) is 4.74 Å². The van der Waals surface area contributed by atoms with Crippen LogP contribution in [0.1, 0.15) is 57.8 Å². The van der Waals surface area contributed by atoms with Crippen LogP contribution >= 0.6 is 11.8 Å². The molecular weight excluding hydrogens is 270 g/mol. The Labute approximate surface area is 129 Å². The van der Waals surface area contributed by atoms with E-state index < -0.39 is 0 Å². The lowest BCUT2D eigenvalue weighted by atomic mass is 9.98. The van der Waals surface area contributed by atoms with Gasteiger partial charge in [-0.1, -0.05) is 32.1 Å². The van der Waals surface area contributed by atoms with Gasteiger partial charge in [-0.25, -0.2) is 0 Å². The van der Waals surface area contributed by atoms with Crippen LogP contribution in [0.5, 0.6) is 0 Å². The van der Waals surface area contributed by atoms with Crippen LogP contribution in [0.3, 0.4) is 0 Å². The first kappa shape index (κ1) is 18.3. The van der Waals surface area contributed by atoms with Crippen LogP contribution in [0.25, 0.3) is 0 Å². The molecule has 0 aliphatic heterocycles. The lowest BCUT2D eigenvalue weighted by molar-refractivity contribution is -0.0229. The molecule has 3 nitrogen and oxygen atoms in total. The molecule has 0 aromatic rings. The topological polar surface area (TPSA) is 41.5 Å². The molecule has 1 rings (SSSR count). The van der Waals surface area contributed by atoms with Gasteiger partial charge in [-0.2, -0.15) is 11.8 Å². The molecule has 0 amide bonds. The second-order valence-corrected chi connectivity index (χ2v) is 6.84. The second kappa shape index (κ2) is 12.9. The number of aliphatic hydroxyl groups is 1. The summed E-state index contributed by atoms with van der Waals surface area (Å²) in [6.45, 7) is 2.17. The highest BCUT2D eigenvalue weighted by Crippen LogP contribution is 2.20. The van der Waals surface area contributed by atoms with Gasteiger partial charge in [-0.05, 0) is 44.2 Å². The molecule has 0 bridgehead atoms. The van der Waals surface area contributed by atoms with Crippen molar-refractivity contribution in [3.63, 3.8) is 0 Å². The maximum absolute atomic E-state index is 9.86. The highest BCUT2D eigenvalue weighted by atomic mass is 32.2. The van der Waals surface area contributed by atoms with Gasteiger partial charge in [0, 0.05) is 6.54 Å². The Morgan fingerprint density at radius 2 is 1.90 bits per heavy atom. The Bertz CT molecular complexity index is 211. The van der Waals surface area contributed by atoms with Gasteiger partial charge in [-0.3, -0.25) is 0 Å². The van der Waals surface area contributed by atoms with Crippen molar-refractivity contribution in [1.82, 2.24) is 5.32 Å². The molecule has 20 heavy (non-hydrogen) atoms. The standard InChI is InChI=1S/C16H33NO2S/c1-20-12-8-3-2-7-11-17-13-15(18)14-19-16-9-5-4-6-10-16/h15-18H,2-14H2,1H3. The number of unbranched alkanes of at least 4 members (excludes halogenated alkanes) is 3. The van der Waals surface area contributed by atoms with Crippen molar-refractivity contribution in [3.05, 3.63) is 0 Å². The monoisotopic (exact) mass is 303 g/mol. The minimum atomic E-state index is -0.353. The molecule has 0 aromatic carbocycles. The van der Waals surface area contributed by atoms with Crippen LogP contribution in [0, 0.1) is 0 Å². The van der Waals surface area contributed by atoms with Crippen LogP contribution in [-0.4, -0.2) is 49.0 Å². The summed E-state index contributed by atoms with van der Waals surface area (Å²) in [6, 6.07) is 0. The van der Waals surface area contributed by atoms with E-state index in [0.29, 0.717) is 19.3 Å². The Kier molecular flexibility index (Phi) is 11.8. The van der Waals surface area contributed by atoms with Crippen molar-refractivity contribution < 1.29 is 9.84 Å². The summed E-state index contributed by atoms with van der Waals surface area (Å²) in [5, 5.41) is 13.2. The molecule has 0 radical (unpaired) electrons.